The normalized spacial score (nSPS) is 11.7. The maximum absolute atomic E-state index is 12.1. The minimum Gasteiger partial charge on any atom is -0.355 e. The zero-order valence-corrected chi connectivity index (χ0v) is 14.8. The van der Waals surface area contributed by atoms with E-state index in [0.29, 0.717) is 6.54 Å². The third kappa shape index (κ3) is 6.08. The van der Waals surface area contributed by atoms with Crippen molar-refractivity contribution in [3.63, 3.8) is 0 Å². The van der Waals surface area contributed by atoms with Crippen LogP contribution < -0.4 is 10.6 Å². The summed E-state index contributed by atoms with van der Waals surface area (Å²) in [5.74, 6) is -0.0556. The van der Waals surface area contributed by atoms with Gasteiger partial charge in [0.1, 0.15) is 0 Å². The largest absolute Gasteiger partial charge is 0.355 e. The monoisotopic (exact) mass is 348 g/mol. The van der Waals surface area contributed by atoms with Crippen LogP contribution in [0.5, 0.6) is 0 Å². The molecule has 122 valence electrons. The molecule has 0 bridgehead atoms. The van der Waals surface area contributed by atoms with Crippen molar-refractivity contribution >= 4 is 40.6 Å². The molecule has 0 unspecified atom stereocenters. The van der Waals surface area contributed by atoms with Crippen LogP contribution in [0.1, 0.15) is 19.4 Å². The highest BCUT2D eigenvalue weighted by molar-refractivity contribution is 8.00. The Kier molecular flexibility index (Phi) is 6.67. The number of benzene rings is 1. The van der Waals surface area contributed by atoms with Gasteiger partial charge in [-0.05, 0) is 60.0 Å². The van der Waals surface area contributed by atoms with Crippen molar-refractivity contribution in [3.8, 4) is 0 Å². The molecular formula is C17H20N2O2S2. The zero-order chi connectivity index (χ0) is 16.7. The van der Waals surface area contributed by atoms with Crippen LogP contribution in [0, 0.1) is 0 Å². The lowest BCUT2D eigenvalue weighted by Crippen LogP contribution is -2.32. The topological polar surface area (TPSA) is 58.2 Å². The summed E-state index contributed by atoms with van der Waals surface area (Å²) in [5, 5.41) is 9.67. The van der Waals surface area contributed by atoms with Crippen molar-refractivity contribution in [2.24, 2.45) is 0 Å². The van der Waals surface area contributed by atoms with Gasteiger partial charge < -0.3 is 10.6 Å². The summed E-state index contributed by atoms with van der Waals surface area (Å²) in [6.45, 7) is 4.03. The number of thioether (sulfide) groups is 1. The van der Waals surface area contributed by atoms with E-state index in [4.69, 9.17) is 0 Å². The lowest BCUT2D eigenvalue weighted by molar-refractivity contribution is -0.120. The minimum atomic E-state index is -0.163. The van der Waals surface area contributed by atoms with Gasteiger partial charge in [-0.3, -0.25) is 9.59 Å². The van der Waals surface area contributed by atoms with Gasteiger partial charge >= 0.3 is 0 Å². The molecule has 0 aliphatic heterocycles. The van der Waals surface area contributed by atoms with E-state index in [-0.39, 0.29) is 17.1 Å². The molecule has 0 saturated heterocycles. The standard InChI is InChI=1S/C17H20N2O2S2/c1-12(17(21)18-9-7-14-8-10-22-11-14)23-16-5-3-15(4-6-16)19-13(2)20/h3-6,8,10-12H,7,9H2,1-2H3,(H,18,21)(H,19,20)/t12-/m0/s1. The molecule has 2 N–H and O–H groups in total. The second-order valence-corrected chi connectivity index (χ2v) is 7.33. The fourth-order valence-corrected chi connectivity index (χ4v) is 3.58. The third-order valence-corrected chi connectivity index (χ3v) is 4.99. The van der Waals surface area contributed by atoms with Gasteiger partial charge in [0.25, 0.3) is 0 Å². The fraction of sp³-hybridized carbons (Fsp3) is 0.294. The number of carbonyl (C=O) groups is 2. The lowest BCUT2D eigenvalue weighted by atomic mass is 10.2. The Labute approximate surface area is 144 Å². The second kappa shape index (κ2) is 8.74. The zero-order valence-electron chi connectivity index (χ0n) is 13.2. The van der Waals surface area contributed by atoms with E-state index in [1.54, 1.807) is 11.3 Å². The molecule has 1 aromatic carbocycles. The Morgan fingerprint density at radius 2 is 1.96 bits per heavy atom. The van der Waals surface area contributed by atoms with E-state index < -0.39 is 0 Å². The fourth-order valence-electron chi connectivity index (χ4n) is 1.99. The molecule has 0 fully saturated rings. The highest BCUT2D eigenvalue weighted by Crippen LogP contribution is 2.24. The number of rotatable bonds is 7. The summed E-state index contributed by atoms with van der Waals surface area (Å²) in [5.41, 5.74) is 2.01. The number of hydrogen-bond donors (Lipinski definition) is 2. The first kappa shape index (κ1) is 17.6. The molecule has 0 spiro atoms. The van der Waals surface area contributed by atoms with Crippen molar-refractivity contribution in [1.29, 1.82) is 0 Å². The Balaban J connectivity index is 1.77. The van der Waals surface area contributed by atoms with Crippen molar-refractivity contribution in [1.82, 2.24) is 5.32 Å². The van der Waals surface area contributed by atoms with Gasteiger partial charge in [-0.1, -0.05) is 0 Å². The lowest BCUT2D eigenvalue weighted by Gasteiger charge is -2.12. The van der Waals surface area contributed by atoms with Crippen LogP contribution in [0.2, 0.25) is 0 Å². The molecule has 0 aliphatic carbocycles. The molecule has 0 aliphatic rings. The average molecular weight is 348 g/mol. The van der Waals surface area contributed by atoms with E-state index in [0.717, 1.165) is 17.0 Å². The summed E-state index contributed by atoms with van der Waals surface area (Å²) in [4.78, 5) is 24.1. The predicted octanol–water partition coefficient (Wildman–Crippen LogP) is 3.55. The van der Waals surface area contributed by atoms with Crippen LogP contribution >= 0.6 is 23.1 Å². The van der Waals surface area contributed by atoms with Gasteiger partial charge in [0, 0.05) is 24.1 Å². The summed E-state index contributed by atoms with van der Waals surface area (Å²) in [6.07, 6.45) is 0.859. The molecule has 4 nitrogen and oxygen atoms in total. The van der Waals surface area contributed by atoms with E-state index >= 15 is 0 Å². The number of thiophene rings is 1. The van der Waals surface area contributed by atoms with E-state index in [1.807, 2.05) is 36.6 Å². The van der Waals surface area contributed by atoms with Gasteiger partial charge in [0.2, 0.25) is 11.8 Å². The smallest absolute Gasteiger partial charge is 0.233 e. The average Bonchev–Trinajstić information content (AvgIpc) is 3.02. The van der Waals surface area contributed by atoms with Gasteiger partial charge in [-0.15, -0.1) is 11.8 Å². The summed E-state index contributed by atoms with van der Waals surface area (Å²) < 4.78 is 0. The number of amides is 2. The number of anilines is 1. The molecule has 1 heterocycles. The Bertz CT molecular complexity index is 639. The first-order valence-electron chi connectivity index (χ1n) is 7.37. The Hall–Kier alpha value is -1.79. The number of hydrogen-bond acceptors (Lipinski definition) is 4. The second-order valence-electron chi connectivity index (χ2n) is 5.14. The van der Waals surface area contributed by atoms with E-state index in [1.165, 1.54) is 24.2 Å². The summed E-state index contributed by atoms with van der Waals surface area (Å²) in [7, 11) is 0. The van der Waals surface area contributed by atoms with Gasteiger partial charge in [-0.2, -0.15) is 11.3 Å². The summed E-state index contributed by atoms with van der Waals surface area (Å²) in [6, 6.07) is 9.57. The molecule has 6 heteroatoms. The number of carbonyl (C=O) groups excluding carboxylic acids is 2. The van der Waals surface area contributed by atoms with Crippen molar-refractivity contribution in [3.05, 3.63) is 46.7 Å². The first-order valence-corrected chi connectivity index (χ1v) is 9.20. The Morgan fingerprint density at radius 3 is 2.57 bits per heavy atom. The third-order valence-electron chi connectivity index (χ3n) is 3.15. The Morgan fingerprint density at radius 1 is 1.22 bits per heavy atom. The SMILES string of the molecule is CC(=O)Nc1ccc(S[C@@H](C)C(=O)NCCc2ccsc2)cc1. The molecule has 2 aromatic rings. The summed E-state index contributed by atoms with van der Waals surface area (Å²) >= 11 is 3.17. The van der Waals surface area contributed by atoms with Crippen LogP contribution in [-0.2, 0) is 16.0 Å². The molecule has 2 amide bonds. The molecular weight excluding hydrogens is 328 g/mol. The van der Waals surface area contributed by atoms with Crippen LogP contribution in [0.15, 0.2) is 46.0 Å². The highest BCUT2D eigenvalue weighted by atomic mass is 32.2. The quantitative estimate of drug-likeness (QED) is 0.753. The molecule has 0 radical (unpaired) electrons. The van der Waals surface area contributed by atoms with Crippen LogP contribution in [0.3, 0.4) is 0 Å². The van der Waals surface area contributed by atoms with Crippen molar-refractivity contribution < 1.29 is 9.59 Å². The maximum atomic E-state index is 12.1. The van der Waals surface area contributed by atoms with E-state index in [2.05, 4.69) is 22.1 Å². The van der Waals surface area contributed by atoms with Crippen LogP contribution in [0.4, 0.5) is 5.69 Å². The van der Waals surface area contributed by atoms with Gasteiger partial charge in [0.15, 0.2) is 0 Å². The van der Waals surface area contributed by atoms with E-state index in [9.17, 15) is 9.59 Å². The van der Waals surface area contributed by atoms with Crippen molar-refractivity contribution in [2.75, 3.05) is 11.9 Å². The molecule has 2 rings (SSSR count). The number of nitrogens with one attached hydrogen (secondary N) is 2. The molecule has 23 heavy (non-hydrogen) atoms. The predicted molar refractivity (Wildman–Crippen MR) is 97.1 cm³/mol. The van der Waals surface area contributed by atoms with Crippen LogP contribution in [0.25, 0.3) is 0 Å². The van der Waals surface area contributed by atoms with Gasteiger partial charge in [0.05, 0.1) is 5.25 Å². The molecule has 1 aromatic heterocycles. The maximum Gasteiger partial charge on any atom is 0.233 e. The van der Waals surface area contributed by atoms with Gasteiger partial charge in [-0.25, -0.2) is 0 Å². The van der Waals surface area contributed by atoms with Crippen molar-refractivity contribution in [2.45, 2.75) is 30.4 Å². The molecule has 1 atom stereocenters. The molecule has 0 saturated carbocycles. The van der Waals surface area contributed by atoms with Crippen LogP contribution in [-0.4, -0.2) is 23.6 Å². The first-order chi connectivity index (χ1) is 11.0. The minimum absolute atomic E-state index is 0.0381. The highest BCUT2D eigenvalue weighted by Gasteiger charge is 2.13.